The van der Waals surface area contributed by atoms with Gasteiger partial charge in [0.2, 0.25) is 0 Å². The highest BCUT2D eigenvalue weighted by atomic mass is 32.2. The third-order valence-electron chi connectivity index (χ3n) is 4.15. The third-order valence-corrected chi connectivity index (χ3v) is 5.38. The fourth-order valence-corrected chi connectivity index (χ4v) is 3.99. The Hall–Kier alpha value is -1.88. The van der Waals surface area contributed by atoms with E-state index in [2.05, 4.69) is 29.8 Å². The van der Waals surface area contributed by atoms with Crippen LogP contribution in [0.25, 0.3) is 0 Å². The quantitative estimate of drug-likeness (QED) is 0.912. The van der Waals surface area contributed by atoms with Crippen molar-refractivity contribution < 1.29 is 4.79 Å². The number of urea groups is 1. The van der Waals surface area contributed by atoms with Crippen molar-refractivity contribution in [2.75, 3.05) is 17.6 Å². The Morgan fingerprint density at radius 2 is 2.09 bits per heavy atom. The van der Waals surface area contributed by atoms with Crippen LogP contribution in [0.15, 0.2) is 36.5 Å². The molecule has 4 nitrogen and oxygen atoms in total. The second kappa shape index (κ2) is 6.08. The van der Waals surface area contributed by atoms with E-state index in [0.29, 0.717) is 0 Å². The zero-order chi connectivity index (χ0) is 15.7. The number of nitrogens with zero attached hydrogens (tertiary/aromatic N) is 2. The van der Waals surface area contributed by atoms with Crippen molar-refractivity contribution in [3.8, 4) is 0 Å². The van der Waals surface area contributed by atoms with Crippen LogP contribution in [-0.4, -0.2) is 27.8 Å². The number of amides is 2. The largest absolute Gasteiger partial charge is 0.352 e. The Labute approximate surface area is 135 Å². The van der Waals surface area contributed by atoms with E-state index < -0.39 is 0 Å². The summed E-state index contributed by atoms with van der Waals surface area (Å²) in [5.41, 5.74) is 4.44. The molecule has 1 fully saturated rings. The van der Waals surface area contributed by atoms with Gasteiger partial charge in [-0.3, -0.25) is 0 Å². The van der Waals surface area contributed by atoms with Gasteiger partial charge < -0.3 is 14.8 Å². The lowest BCUT2D eigenvalue weighted by Gasteiger charge is -2.24. The monoisotopic (exact) mass is 315 g/mol. The van der Waals surface area contributed by atoms with Crippen LogP contribution in [0.4, 0.5) is 10.5 Å². The summed E-state index contributed by atoms with van der Waals surface area (Å²) in [7, 11) is 2.02. The molecular formula is C17H21N3OS. The third kappa shape index (κ3) is 2.86. The van der Waals surface area contributed by atoms with Gasteiger partial charge in [0.15, 0.2) is 0 Å². The summed E-state index contributed by atoms with van der Waals surface area (Å²) in [5, 5.41) is 3.12. The molecule has 3 rings (SSSR count). The minimum Gasteiger partial charge on any atom is -0.352 e. The van der Waals surface area contributed by atoms with Crippen LogP contribution in [0.3, 0.4) is 0 Å². The highest BCUT2D eigenvalue weighted by Gasteiger charge is 2.32. The SMILES string of the molecule is Cc1ccc(NC(=O)N2CCSC2c2cccn2C)cc1C. The molecular weight excluding hydrogens is 294 g/mol. The van der Waals surface area contributed by atoms with E-state index in [1.54, 1.807) is 0 Å². The summed E-state index contributed by atoms with van der Waals surface area (Å²) in [6.45, 7) is 4.91. The smallest absolute Gasteiger partial charge is 0.323 e. The van der Waals surface area contributed by atoms with E-state index in [9.17, 15) is 4.79 Å². The first kappa shape index (κ1) is 15.0. The maximum Gasteiger partial charge on any atom is 0.323 e. The number of nitrogens with one attached hydrogen (secondary N) is 1. The summed E-state index contributed by atoms with van der Waals surface area (Å²) in [6, 6.07) is 10.1. The minimum absolute atomic E-state index is 0.0283. The number of rotatable bonds is 2. The van der Waals surface area contributed by atoms with Gasteiger partial charge in [-0.15, -0.1) is 11.8 Å². The summed E-state index contributed by atoms with van der Waals surface area (Å²) < 4.78 is 2.08. The predicted octanol–water partition coefficient (Wildman–Crippen LogP) is 3.92. The molecule has 1 atom stereocenters. The Balaban J connectivity index is 1.76. The molecule has 1 aliphatic rings. The number of thioether (sulfide) groups is 1. The van der Waals surface area contributed by atoms with Gasteiger partial charge in [-0.25, -0.2) is 4.79 Å². The van der Waals surface area contributed by atoms with Gasteiger partial charge in [0.05, 0.1) is 5.69 Å². The second-order valence-electron chi connectivity index (χ2n) is 5.69. The van der Waals surface area contributed by atoms with Crippen LogP contribution in [0, 0.1) is 13.8 Å². The number of anilines is 1. The van der Waals surface area contributed by atoms with E-state index in [1.807, 2.05) is 54.2 Å². The molecule has 5 heteroatoms. The molecule has 0 aliphatic carbocycles. The molecule has 1 unspecified atom stereocenters. The predicted molar refractivity (Wildman–Crippen MR) is 92.3 cm³/mol. The number of aromatic nitrogens is 1. The fraction of sp³-hybridized carbons (Fsp3) is 0.353. The topological polar surface area (TPSA) is 37.3 Å². The van der Waals surface area contributed by atoms with Gasteiger partial charge in [-0.2, -0.15) is 0 Å². The van der Waals surface area contributed by atoms with Crippen molar-refractivity contribution in [3.05, 3.63) is 53.3 Å². The van der Waals surface area contributed by atoms with E-state index in [4.69, 9.17) is 0 Å². The highest BCUT2D eigenvalue weighted by molar-refractivity contribution is 7.99. The van der Waals surface area contributed by atoms with E-state index >= 15 is 0 Å². The van der Waals surface area contributed by atoms with Gasteiger partial charge in [-0.1, -0.05) is 6.07 Å². The van der Waals surface area contributed by atoms with E-state index in [0.717, 1.165) is 23.7 Å². The van der Waals surface area contributed by atoms with Gasteiger partial charge in [-0.05, 0) is 49.2 Å². The minimum atomic E-state index is -0.0283. The van der Waals surface area contributed by atoms with Crippen molar-refractivity contribution >= 4 is 23.5 Å². The van der Waals surface area contributed by atoms with Crippen LogP contribution in [0.2, 0.25) is 0 Å². The molecule has 116 valence electrons. The Kier molecular flexibility index (Phi) is 4.16. The fourth-order valence-electron chi connectivity index (χ4n) is 2.67. The molecule has 1 aliphatic heterocycles. The zero-order valence-corrected chi connectivity index (χ0v) is 14.0. The number of hydrogen-bond acceptors (Lipinski definition) is 2. The molecule has 1 aromatic heterocycles. The van der Waals surface area contributed by atoms with Gasteiger partial charge >= 0.3 is 6.03 Å². The summed E-state index contributed by atoms with van der Waals surface area (Å²) in [6.07, 6.45) is 2.02. The summed E-state index contributed by atoms with van der Waals surface area (Å²) in [4.78, 5) is 14.5. The number of aryl methyl sites for hydroxylation is 3. The lowest BCUT2D eigenvalue weighted by Crippen LogP contribution is -2.34. The molecule has 0 saturated carbocycles. The number of carbonyl (C=O) groups excluding carboxylic acids is 1. The first-order valence-corrected chi connectivity index (χ1v) is 8.49. The van der Waals surface area contributed by atoms with Crippen molar-refractivity contribution in [2.24, 2.45) is 7.05 Å². The van der Waals surface area contributed by atoms with Crippen LogP contribution in [-0.2, 0) is 7.05 Å². The number of hydrogen-bond donors (Lipinski definition) is 1. The molecule has 2 aromatic rings. The normalized spacial score (nSPS) is 17.8. The lowest BCUT2D eigenvalue weighted by atomic mass is 10.1. The van der Waals surface area contributed by atoms with Crippen molar-refractivity contribution in [3.63, 3.8) is 0 Å². The van der Waals surface area contributed by atoms with Crippen LogP contribution in [0.1, 0.15) is 22.2 Å². The first-order valence-electron chi connectivity index (χ1n) is 7.44. The van der Waals surface area contributed by atoms with Crippen LogP contribution < -0.4 is 5.32 Å². The summed E-state index contributed by atoms with van der Waals surface area (Å²) >= 11 is 1.81. The Morgan fingerprint density at radius 1 is 1.27 bits per heavy atom. The van der Waals surface area contributed by atoms with Gasteiger partial charge in [0, 0.05) is 31.2 Å². The molecule has 1 saturated heterocycles. The van der Waals surface area contributed by atoms with E-state index in [1.165, 1.54) is 11.1 Å². The molecule has 2 amide bonds. The van der Waals surface area contributed by atoms with Crippen LogP contribution in [0.5, 0.6) is 0 Å². The van der Waals surface area contributed by atoms with Crippen molar-refractivity contribution in [2.45, 2.75) is 19.2 Å². The Morgan fingerprint density at radius 3 is 2.77 bits per heavy atom. The van der Waals surface area contributed by atoms with E-state index in [-0.39, 0.29) is 11.4 Å². The van der Waals surface area contributed by atoms with Gasteiger partial charge in [0.1, 0.15) is 5.37 Å². The average molecular weight is 315 g/mol. The first-order chi connectivity index (χ1) is 10.6. The molecule has 1 N–H and O–H groups in total. The maximum absolute atomic E-state index is 12.6. The standard InChI is InChI=1S/C17H21N3OS/c1-12-6-7-14(11-13(12)2)18-17(21)20-9-10-22-16(20)15-5-4-8-19(15)3/h4-8,11,16H,9-10H2,1-3H3,(H,18,21). The second-order valence-corrected chi connectivity index (χ2v) is 6.88. The van der Waals surface area contributed by atoms with Crippen molar-refractivity contribution in [1.29, 1.82) is 0 Å². The molecule has 0 bridgehead atoms. The van der Waals surface area contributed by atoms with Crippen molar-refractivity contribution in [1.82, 2.24) is 9.47 Å². The molecule has 0 radical (unpaired) electrons. The summed E-state index contributed by atoms with van der Waals surface area (Å²) in [5.74, 6) is 0.968. The number of benzene rings is 1. The average Bonchev–Trinajstić information content (AvgIpc) is 3.11. The molecule has 1 aromatic carbocycles. The Bertz CT molecular complexity index is 695. The zero-order valence-electron chi connectivity index (χ0n) is 13.2. The number of carbonyl (C=O) groups is 1. The molecule has 0 spiro atoms. The van der Waals surface area contributed by atoms with Gasteiger partial charge in [0.25, 0.3) is 0 Å². The maximum atomic E-state index is 12.6. The highest BCUT2D eigenvalue weighted by Crippen LogP contribution is 2.38. The molecule has 22 heavy (non-hydrogen) atoms. The van der Waals surface area contributed by atoms with Crippen LogP contribution >= 0.6 is 11.8 Å². The lowest BCUT2D eigenvalue weighted by molar-refractivity contribution is 0.213. The molecule has 2 heterocycles.